The number of nitrogens with zero attached hydrogens (tertiary/aromatic N) is 1. The van der Waals surface area contributed by atoms with Crippen molar-refractivity contribution in [3.8, 4) is 0 Å². The minimum absolute atomic E-state index is 0.0223. The zero-order chi connectivity index (χ0) is 18.8. The molecule has 140 valence electrons. The van der Waals surface area contributed by atoms with Crippen molar-refractivity contribution in [3.05, 3.63) is 34.3 Å². The van der Waals surface area contributed by atoms with Crippen molar-refractivity contribution in [2.24, 2.45) is 5.92 Å². The van der Waals surface area contributed by atoms with Crippen LogP contribution in [0.15, 0.2) is 18.2 Å². The summed E-state index contributed by atoms with van der Waals surface area (Å²) in [5.74, 6) is -0.790. The van der Waals surface area contributed by atoms with Crippen molar-refractivity contribution in [3.63, 3.8) is 0 Å². The molecule has 25 heavy (non-hydrogen) atoms. The summed E-state index contributed by atoms with van der Waals surface area (Å²) >= 11 is 5.94. The molecule has 0 bridgehead atoms. The predicted molar refractivity (Wildman–Crippen MR) is 87.6 cm³/mol. The summed E-state index contributed by atoms with van der Waals surface area (Å²) in [6.45, 7) is 2.69. The Morgan fingerprint density at radius 1 is 1.48 bits per heavy atom. The molecular formula is C17H21ClF3NO3. The molecule has 0 radical (unpaired) electrons. The van der Waals surface area contributed by atoms with Gasteiger partial charge in [-0.1, -0.05) is 18.5 Å². The van der Waals surface area contributed by atoms with Gasteiger partial charge in [-0.15, -0.1) is 0 Å². The quantitative estimate of drug-likeness (QED) is 0.869. The van der Waals surface area contributed by atoms with Crippen molar-refractivity contribution in [1.82, 2.24) is 4.90 Å². The molecule has 1 N–H and O–H groups in total. The van der Waals surface area contributed by atoms with E-state index in [9.17, 15) is 23.1 Å². The summed E-state index contributed by atoms with van der Waals surface area (Å²) in [6.07, 6.45) is -3.77. The lowest BCUT2D eigenvalue weighted by Crippen LogP contribution is -2.52. The molecule has 0 aliphatic carbocycles. The van der Waals surface area contributed by atoms with Crippen molar-refractivity contribution in [2.75, 3.05) is 26.8 Å². The first-order valence-corrected chi connectivity index (χ1v) is 8.33. The fourth-order valence-electron chi connectivity index (χ4n) is 3.04. The van der Waals surface area contributed by atoms with Crippen molar-refractivity contribution in [2.45, 2.75) is 31.5 Å². The number of methoxy groups -OCH3 is 1. The minimum atomic E-state index is -4.55. The Kier molecular flexibility index (Phi) is 6.01. The van der Waals surface area contributed by atoms with Gasteiger partial charge in [-0.3, -0.25) is 4.79 Å². The highest BCUT2D eigenvalue weighted by atomic mass is 35.5. The van der Waals surface area contributed by atoms with Gasteiger partial charge >= 0.3 is 6.18 Å². The molecule has 2 atom stereocenters. The number of carbonyl (C=O) groups is 1. The monoisotopic (exact) mass is 379 g/mol. The zero-order valence-corrected chi connectivity index (χ0v) is 14.8. The number of halogens is 4. The lowest BCUT2D eigenvalue weighted by atomic mass is 9.79. The van der Waals surface area contributed by atoms with E-state index in [0.717, 1.165) is 18.2 Å². The minimum Gasteiger partial charge on any atom is -0.389 e. The van der Waals surface area contributed by atoms with Gasteiger partial charge in [0.1, 0.15) is 0 Å². The van der Waals surface area contributed by atoms with E-state index in [1.165, 1.54) is 4.90 Å². The first-order chi connectivity index (χ1) is 11.6. The van der Waals surface area contributed by atoms with Gasteiger partial charge < -0.3 is 14.7 Å². The van der Waals surface area contributed by atoms with E-state index < -0.39 is 23.2 Å². The fraction of sp³-hybridized carbons (Fsp3) is 0.588. The van der Waals surface area contributed by atoms with Crippen molar-refractivity contribution in [1.29, 1.82) is 0 Å². The fourth-order valence-corrected chi connectivity index (χ4v) is 3.24. The molecule has 0 saturated carbocycles. The molecule has 1 aliphatic rings. The second kappa shape index (κ2) is 7.51. The smallest absolute Gasteiger partial charge is 0.389 e. The third kappa shape index (κ3) is 4.46. The molecule has 1 aromatic carbocycles. The van der Waals surface area contributed by atoms with Gasteiger partial charge in [0, 0.05) is 32.7 Å². The number of hydrogen-bond acceptors (Lipinski definition) is 3. The third-order valence-corrected chi connectivity index (χ3v) is 5.11. The largest absolute Gasteiger partial charge is 0.416 e. The van der Waals surface area contributed by atoms with Gasteiger partial charge in [0.25, 0.3) is 5.91 Å². The van der Waals surface area contributed by atoms with E-state index >= 15 is 0 Å². The number of piperidine rings is 1. The molecule has 1 fully saturated rings. The maximum atomic E-state index is 12.9. The molecular weight excluding hydrogens is 359 g/mol. The Balaban J connectivity index is 2.17. The highest BCUT2D eigenvalue weighted by molar-refractivity contribution is 6.33. The number of benzene rings is 1. The van der Waals surface area contributed by atoms with E-state index in [4.69, 9.17) is 16.3 Å². The predicted octanol–water partition coefficient (Wildman–Crippen LogP) is 3.61. The molecule has 1 aliphatic heterocycles. The molecule has 1 saturated heterocycles. The summed E-state index contributed by atoms with van der Waals surface area (Å²) in [6, 6.07) is 2.71. The first-order valence-electron chi connectivity index (χ1n) is 7.96. The van der Waals surface area contributed by atoms with Crippen LogP contribution >= 0.6 is 11.6 Å². The summed E-state index contributed by atoms with van der Waals surface area (Å²) in [5.41, 5.74) is -2.04. The molecule has 0 spiro atoms. The van der Waals surface area contributed by atoms with Crippen LogP contribution in [0.1, 0.15) is 35.7 Å². The van der Waals surface area contributed by atoms with E-state index in [1.807, 2.05) is 6.92 Å². The lowest BCUT2D eigenvalue weighted by molar-refractivity contribution is -0.137. The van der Waals surface area contributed by atoms with E-state index in [0.29, 0.717) is 19.4 Å². The number of ether oxygens (including phenoxy) is 1. The summed E-state index contributed by atoms with van der Waals surface area (Å²) in [7, 11) is 1.54. The number of carbonyl (C=O) groups excluding carboxylic acids is 1. The number of rotatable bonds is 4. The van der Waals surface area contributed by atoms with Crippen LogP contribution in [0.25, 0.3) is 0 Å². The highest BCUT2D eigenvalue weighted by Gasteiger charge is 2.40. The van der Waals surface area contributed by atoms with Gasteiger partial charge in [0.15, 0.2) is 0 Å². The summed E-state index contributed by atoms with van der Waals surface area (Å²) in [5, 5.41) is 10.6. The van der Waals surface area contributed by atoms with Gasteiger partial charge in [-0.2, -0.15) is 13.2 Å². The molecule has 0 unspecified atom stereocenters. The molecule has 4 nitrogen and oxygen atoms in total. The average Bonchev–Trinajstić information content (AvgIpc) is 2.54. The van der Waals surface area contributed by atoms with Crippen LogP contribution in [0.3, 0.4) is 0 Å². The number of hydrogen-bond donors (Lipinski definition) is 1. The number of amides is 1. The SMILES string of the molecule is COCC[C@]1(O)CCN(C(=O)c2cc(C(F)(F)F)ccc2Cl)C[C@H]1C. The lowest BCUT2D eigenvalue weighted by Gasteiger charge is -2.43. The number of alkyl halides is 3. The first kappa shape index (κ1) is 20.0. The molecule has 8 heteroatoms. The molecule has 1 aromatic rings. The van der Waals surface area contributed by atoms with Crippen LogP contribution in [0.4, 0.5) is 13.2 Å². The maximum absolute atomic E-state index is 12.9. The Labute approximate surface area is 149 Å². The van der Waals surface area contributed by atoms with Gasteiger partial charge in [-0.25, -0.2) is 0 Å². The Bertz CT molecular complexity index is 638. The zero-order valence-electron chi connectivity index (χ0n) is 14.1. The average molecular weight is 380 g/mol. The van der Waals surface area contributed by atoms with Crippen LogP contribution in [0.2, 0.25) is 5.02 Å². The molecule has 1 amide bonds. The van der Waals surface area contributed by atoms with Gasteiger partial charge in [0.2, 0.25) is 0 Å². The Morgan fingerprint density at radius 3 is 2.72 bits per heavy atom. The topological polar surface area (TPSA) is 49.8 Å². The second-order valence-electron chi connectivity index (χ2n) is 6.44. The Hall–Kier alpha value is -1.31. The standard InChI is InChI=1S/C17H21ClF3NO3/c1-11-10-22(7-5-16(11,24)6-8-25-2)15(23)13-9-12(17(19,20)21)3-4-14(13)18/h3-4,9,11,24H,5-8,10H2,1-2H3/t11-,16-/m1/s1. The highest BCUT2D eigenvalue weighted by Crippen LogP contribution is 2.34. The second-order valence-corrected chi connectivity index (χ2v) is 6.85. The Morgan fingerprint density at radius 2 is 2.16 bits per heavy atom. The van der Waals surface area contributed by atoms with Crippen molar-refractivity contribution < 1.29 is 27.8 Å². The van der Waals surface area contributed by atoms with Crippen LogP contribution < -0.4 is 0 Å². The molecule has 2 rings (SSSR count). The summed E-state index contributed by atoms with van der Waals surface area (Å²) in [4.78, 5) is 14.1. The van der Waals surface area contributed by atoms with E-state index in [1.54, 1.807) is 7.11 Å². The maximum Gasteiger partial charge on any atom is 0.416 e. The number of likely N-dealkylation sites (tertiary alicyclic amines) is 1. The van der Waals surface area contributed by atoms with Gasteiger partial charge in [-0.05, 0) is 31.0 Å². The third-order valence-electron chi connectivity index (χ3n) is 4.78. The van der Waals surface area contributed by atoms with Gasteiger partial charge in [0.05, 0.1) is 21.8 Å². The van der Waals surface area contributed by atoms with E-state index in [2.05, 4.69) is 0 Å². The number of aliphatic hydroxyl groups is 1. The summed E-state index contributed by atoms with van der Waals surface area (Å²) < 4.78 is 43.6. The normalized spacial score (nSPS) is 24.4. The molecule has 1 heterocycles. The van der Waals surface area contributed by atoms with Crippen LogP contribution in [0, 0.1) is 5.92 Å². The van der Waals surface area contributed by atoms with Crippen LogP contribution in [-0.4, -0.2) is 48.3 Å². The molecule has 0 aromatic heterocycles. The van der Waals surface area contributed by atoms with Crippen molar-refractivity contribution >= 4 is 17.5 Å². The van der Waals surface area contributed by atoms with Crippen LogP contribution in [-0.2, 0) is 10.9 Å². The van der Waals surface area contributed by atoms with Crippen LogP contribution in [0.5, 0.6) is 0 Å². The van der Waals surface area contributed by atoms with E-state index in [-0.39, 0.29) is 29.6 Å².